The van der Waals surface area contributed by atoms with E-state index in [1.165, 1.54) is 10.6 Å². The number of aliphatic hydroxyl groups is 1. The molecule has 1 aliphatic rings. The zero-order chi connectivity index (χ0) is 16.9. The van der Waals surface area contributed by atoms with Crippen molar-refractivity contribution in [3.05, 3.63) is 40.9 Å². The first-order valence-corrected chi connectivity index (χ1v) is 8.04. The molecule has 1 fully saturated rings. The van der Waals surface area contributed by atoms with Crippen molar-refractivity contribution < 1.29 is 9.90 Å². The largest absolute Gasteiger partial charge is 0.394 e. The Hall–Kier alpha value is -2.45. The van der Waals surface area contributed by atoms with Gasteiger partial charge < -0.3 is 20.6 Å². The fourth-order valence-electron chi connectivity index (χ4n) is 2.88. The molecule has 1 atom stereocenters. The molecular weight excluding hydrogens is 310 g/mol. The number of hydrogen-bond donors (Lipinski definition) is 3. The number of carbonyl (C=O) groups is 1. The normalized spacial score (nSPS) is 16.2. The highest BCUT2D eigenvalue weighted by molar-refractivity contribution is 5.89. The third kappa shape index (κ3) is 3.72. The highest BCUT2D eigenvalue weighted by Gasteiger charge is 2.19. The third-order valence-corrected chi connectivity index (χ3v) is 4.09. The maximum absolute atomic E-state index is 12.3. The van der Waals surface area contributed by atoms with Crippen LogP contribution in [-0.2, 0) is 0 Å². The maximum Gasteiger partial charge on any atom is 0.319 e. The van der Waals surface area contributed by atoms with Gasteiger partial charge in [-0.3, -0.25) is 9.20 Å². The molecule has 1 saturated heterocycles. The molecule has 0 spiro atoms. The number of fused-ring (bicyclic) bond motifs is 1. The summed E-state index contributed by atoms with van der Waals surface area (Å²) in [5.41, 5.74) is 0.251. The number of likely N-dealkylation sites (tertiary alicyclic amines) is 1. The number of nitrogens with zero attached hydrogens (tertiary/aromatic N) is 3. The highest BCUT2D eigenvalue weighted by Crippen LogP contribution is 2.08. The number of urea groups is 1. The van der Waals surface area contributed by atoms with Crippen LogP contribution in [0.25, 0.3) is 5.65 Å². The Kier molecular flexibility index (Phi) is 5.07. The molecular formula is C16H21N5O3. The summed E-state index contributed by atoms with van der Waals surface area (Å²) in [6.07, 6.45) is 5.22. The summed E-state index contributed by atoms with van der Waals surface area (Å²) in [6, 6.07) is 4.31. The van der Waals surface area contributed by atoms with Crippen LogP contribution < -0.4 is 16.2 Å². The summed E-state index contributed by atoms with van der Waals surface area (Å²) in [7, 11) is 0. The minimum Gasteiger partial charge on any atom is -0.394 e. The van der Waals surface area contributed by atoms with Crippen LogP contribution in [0.3, 0.4) is 0 Å². The number of aromatic nitrogens is 2. The minimum atomic E-state index is -0.525. The fraction of sp³-hybridized carbons (Fsp3) is 0.438. The number of aliphatic hydroxyl groups excluding tert-OH is 1. The minimum absolute atomic E-state index is 0.0917. The summed E-state index contributed by atoms with van der Waals surface area (Å²) < 4.78 is 1.36. The predicted molar refractivity (Wildman–Crippen MR) is 90.2 cm³/mol. The lowest BCUT2D eigenvalue weighted by Crippen LogP contribution is -2.47. The Morgan fingerprint density at radius 3 is 2.88 bits per heavy atom. The van der Waals surface area contributed by atoms with Crippen LogP contribution in [0.1, 0.15) is 12.8 Å². The standard InChI is InChI=1S/C16H21N5O3/c22-11-12(10-20-6-3-4-7-20)18-16(24)19-13-9-17-14-5-1-2-8-21(14)15(13)23/h1-2,5,8-9,12,22H,3-4,6-7,10-11H2,(H2,18,19,24). The van der Waals surface area contributed by atoms with Crippen LogP contribution in [0.4, 0.5) is 10.5 Å². The summed E-state index contributed by atoms with van der Waals surface area (Å²) in [6.45, 7) is 2.41. The molecule has 0 radical (unpaired) electrons. The second-order valence-electron chi connectivity index (χ2n) is 5.89. The Labute approximate surface area is 139 Å². The summed E-state index contributed by atoms with van der Waals surface area (Å²) in [4.78, 5) is 30.8. The first-order valence-electron chi connectivity index (χ1n) is 8.04. The lowest BCUT2D eigenvalue weighted by Gasteiger charge is -2.22. The molecule has 0 aliphatic carbocycles. The van der Waals surface area contributed by atoms with Crippen molar-refractivity contribution in [2.24, 2.45) is 0 Å². The third-order valence-electron chi connectivity index (χ3n) is 4.09. The average Bonchev–Trinajstić information content (AvgIpc) is 3.10. The smallest absolute Gasteiger partial charge is 0.319 e. The number of nitrogens with one attached hydrogen (secondary N) is 2. The van der Waals surface area contributed by atoms with Crippen LogP contribution in [-0.4, -0.2) is 57.7 Å². The van der Waals surface area contributed by atoms with E-state index in [9.17, 15) is 14.7 Å². The molecule has 3 N–H and O–H groups in total. The number of anilines is 1. The molecule has 1 aliphatic heterocycles. The fourth-order valence-corrected chi connectivity index (χ4v) is 2.88. The molecule has 1 unspecified atom stereocenters. The molecule has 0 bridgehead atoms. The molecule has 0 aromatic carbocycles. The SMILES string of the molecule is O=C(Nc1cnc2ccccn2c1=O)NC(CO)CN1CCCC1. The van der Waals surface area contributed by atoms with E-state index in [4.69, 9.17) is 0 Å². The van der Waals surface area contributed by atoms with E-state index in [1.54, 1.807) is 24.4 Å². The number of carbonyl (C=O) groups excluding carboxylic acids is 1. The molecule has 3 heterocycles. The number of rotatable bonds is 5. The van der Waals surface area contributed by atoms with E-state index in [0.29, 0.717) is 12.2 Å². The number of pyridine rings is 1. The van der Waals surface area contributed by atoms with Crippen molar-refractivity contribution in [3.8, 4) is 0 Å². The molecule has 2 aromatic rings. The van der Waals surface area contributed by atoms with Crippen molar-refractivity contribution in [1.29, 1.82) is 0 Å². The number of hydrogen-bond acceptors (Lipinski definition) is 5. The zero-order valence-electron chi connectivity index (χ0n) is 13.3. The highest BCUT2D eigenvalue weighted by atomic mass is 16.3. The second kappa shape index (κ2) is 7.41. The van der Waals surface area contributed by atoms with E-state index in [2.05, 4.69) is 20.5 Å². The van der Waals surface area contributed by atoms with Crippen LogP contribution in [0.5, 0.6) is 0 Å². The van der Waals surface area contributed by atoms with Crippen molar-refractivity contribution in [1.82, 2.24) is 19.6 Å². The zero-order valence-corrected chi connectivity index (χ0v) is 13.3. The molecule has 128 valence electrons. The lowest BCUT2D eigenvalue weighted by molar-refractivity contribution is 0.195. The monoisotopic (exact) mass is 331 g/mol. The van der Waals surface area contributed by atoms with Crippen molar-refractivity contribution in [3.63, 3.8) is 0 Å². The Balaban J connectivity index is 1.65. The van der Waals surface area contributed by atoms with Gasteiger partial charge in [0.15, 0.2) is 0 Å². The Morgan fingerprint density at radius 1 is 1.33 bits per heavy atom. The van der Waals surface area contributed by atoms with Gasteiger partial charge >= 0.3 is 6.03 Å². The van der Waals surface area contributed by atoms with Crippen LogP contribution in [0.15, 0.2) is 35.4 Å². The summed E-state index contributed by atoms with van der Waals surface area (Å²) >= 11 is 0. The Morgan fingerprint density at radius 2 is 2.12 bits per heavy atom. The average molecular weight is 331 g/mol. The van der Waals surface area contributed by atoms with Crippen LogP contribution in [0, 0.1) is 0 Å². The van der Waals surface area contributed by atoms with Gasteiger partial charge in [0.05, 0.1) is 18.8 Å². The molecule has 2 amide bonds. The van der Waals surface area contributed by atoms with E-state index in [0.717, 1.165) is 25.9 Å². The van der Waals surface area contributed by atoms with Gasteiger partial charge in [-0.2, -0.15) is 0 Å². The van der Waals surface area contributed by atoms with Crippen molar-refractivity contribution >= 4 is 17.4 Å². The topological polar surface area (TPSA) is 99.0 Å². The number of amides is 2. The van der Waals surface area contributed by atoms with E-state index in [1.807, 2.05) is 0 Å². The van der Waals surface area contributed by atoms with E-state index >= 15 is 0 Å². The quantitative estimate of drug-likeness (QED) is 0.730. The van der Waals surface area contributed by atoms with Gasteiger partial charge in [-0.05, 0) is 38.1 Å². The first kappa shape index (κ1) is 16.4. The van der Waals surface area contributed by atoms with Gasteiger partial charge in [0, 0.05) is 12.7 Å². The second-order valence-corrected chi connectivity index (χ2v) is 5.89. The molecule has 24 heavy (non-hydrogen) atoms. The van der Waals surface area contributed by atoms with E-state index in [-0.39, 0.29) is 23.9 Å². The van der Waals surface area contributed by atoms with Crippen LogP contribution in [0.2, 0.25) is 0 Å². The first-order chi connectivity index (χ1) is 11.7. The van der Waals surface area contributed by atoms with Gasteiger partial charge in [-0.15, -0.1) is 0 Å². The molecule has 0 saturated carbocycles. The summed E-state index contributed by atoms with van der Waals surface area (Å²) in [5.74, 6) is 0. The Bertz CT molecular complexity index is 770. The molecule has 8 nitrogen and oxygen atoms in total. The van der Waals surface area contributed by atoms with Gasteiger partial charge in [0.1, 0.15) is 11.3 Å². The lowest BCUT2D eigenvalue weighted by atomic mass is 10.3. The summed E-state index contributed by atoms with van der Waals surface area (Å²) in [5, 5.41) is 14.7. The van der Waals surface area contributed by atoms with Crippen molar-refractivity contribution in [2.45, 2.75) is 18.9 Å². The van der Waals surface area contributed by atoms with Crippen molar-refractivity contribution in [2.75, 3.05) is 31.6 Å². The molecule has 2 aromatic heterocycles. The predicted octanol–water partition coefficient (Wildman–Crippen LogP) is 0.273. The van der Waals surface area contributed by atoms with Gasteiger partial charge in [-0.25, -0.2) is 9.78 Å². The van der Waals surface area contributed by atoms with E-state index < -0.39 is 6.03 Å². The maximum atomic E-state index is 12.3. The van der Waals surface area contributed by atoms with Gasteiger partial charge in [-0.1, -0.05) is 6.07 Å². The molecule has 8 heteroatoms. The van der Waals surface area contributed by atoms with Gasteiger partial charge in [0.2, 0.25) is 0 Å². The van der Waals surface area contributed by atoms with Crippen LogP contribution >= 0.6 is 0 Å². The van der Waals surface area contributed by atoms with Gasteiger partial charge in [0.25, 0.3) is 5.56 Å². The molecule has 3 rings (SSSR count).